The molecule has 9 rings (SSSR count). The number of aromatic nitrogens is 4. The molecule has 3 atom stereocenters. The number of fused-ring (bicyclic) bond motifs is 3. The minimum Gasteiger partial charge on any atom is -0.368 e. The summed E-state index contributed by atoms with van der Waals surface area (Å²) in [5, 5.41) is 14.9. The number of carbonyl (C=O) groups is 2. The van der Waals surface area contributed by atoms with Crippen LogP contribution in [-0.2, 0) is 42.6 Å². The lowest BCUT2D eigenvalue weighted by Gasteiger charge is -2.48. The van der Waals surface area contributed by atoms with Gasteiger partial charge in [0.1, 0.15) is 0 Å². The van der Waals surface area contributed by atoms with Gasteiger partial charge in [0, 0.05) is 84.7 Å². The van der Waals surface area contributed by atoms with Gasteiger partial charge in [0.2, 0.25) is 17.8 Å². The smallest absolute Gasteiger partial charge is 0.243 e. The van der Waals surface area contributed by atoms with Gasteiger partial charge in [-0.2, -0.15) is 10.1 Å². The normalized spacial score (nSPS) is 23.0. The summed E-state index contributed by atoms with van der Waals surface area (Å²) in [5.41, 5.74) is 10.2. The number of nitrogens with one attached hydrogen (secondary N) is 3. The molecule has 0 bridgehead atoms. The predicted molar refractivity (Wildman–Crippen MR) is 197 cm³/mol. The first-order valence-corrected chi connectivity index (χ1v) is 17.6. The van der Waals surface area contributed by atoms with E-state index in [-0.39, 0.29) is 12.3 Å². The third kappa shape index (κ3) is 5.87. The monoisotopic (exact) mass is 684 g/mol. The van der Waals surface area contributed by atoms with E-state index in [9.17, 15) is 9.59 Å². The fourth-order valence-corrected chi connectivity index (χ4v) is 7.81. The zero-order valence-electron chi connectivity index (χ0n) is 31.0. The highest BCUT2D eigenvalue weighted by Gasteiger charge is 2.37. The zero-order chi connectivity index (χ0) is 36.5. The number of carbonyl (C=O) groups excluding carboxylic acids is 2. The molecule has 3 N–H and O–H groups in total. The molecule has 260 valence electrons. The summed E-state index contributed by atoms with van der Waals surface area (Å²) < 4.78 is 19.5. The number of aryl methyl sites for hydroxylation is 3. The van der Waals surface area contributed by atoms with Gasteiger partial charge in [0.05, 0.1) is 11.4 Å². The van der Waals surface area contributed by atoms with Crippen molar-refractivity contribution in [1.82, 2.24) is 34.9 Å². The highest BCUT2D eigenvalue weighted by molar-refractivity contribution is 6.00. The maximum absolute atomic E-state index is 12.6. The summed E-state index contributed by atoms with van der Waals surface area (Å²) in [4.78, 5) is 40.3. The van der Waals surface area contributed by atoms with E-state index < -0.39 is 25.0 Å². The van der Waals surface area contributed by atoms with Crippen molar-refractivity contribution in [3.05, 3.63) is 94.2 Å². The number of amides is 2. The quantitative estimate of drug-likeness (QED) is 0.206. The minimum atomic E-state index is -0.825. The van der Waals surface area contributed by atoms with E-state index in [0.29, 0.717) is 18.4 Å². The van der Waals surface area contributed by atoms with E-state index in [2.05, 4.69) is 81.0 Å². The number of benzene rings is 3. The van der Waals surface area contributed by atoms with Gasteiger partial charge in [-0.25, -0.2) is 9.67 Å². The Bertz CT molecular complexity index is 2270. The van der Waals surface area contributed by atoms with Gasteiger partial charge in [-0.15, -0.1) is 0 Å². The van der Waals surface area contributed by atoms with Crippen LogP contribution in [0.1, 0.15) is 49.0 Å². The molecule has 0 aliphatic carbocycles. The molecule has 4 aliphatic rings. The number of hydrogen-bond acceptors (Lipinski definition) is 10. The lowest BCUT2D eigenvalue weighted by atomic mass is 9.95. The number of hydrogen-bond donors (Lipinski definition) is 3. The maximum atomic E-state index is 12.6. The first-order valence-electron chi connectivity index (χ1n) is 18.8. The topological polar surface area (TPSA) is 124 Å². The van der Waals surface area contributed by atoms with Crippen LogP contribution in [0.4, 0.5) is 28.8 Å². The van der Waals surface area contributed by atoms with Gasteiger partial charge in [-0.05, 0) is 84.3 Å². The molecule has 5 aromatic rings. The number of imide groups is 1. The molecule has 12 nitrogen and oxygen atoms in total. The van der Waals surface area contributed by atoms with Crippen LogP contribution in [0, 0.1) is 13.8 Å². The van der Waals surface area contributed by atoms with Crippen molar-refractivity contribution in [2.45, 2.75) is 64.8 Å². The Labute approximate surface area is 299 Å². The summed E-state index contributed by atoms with van der Waals surface area (Å²) in [6.45, 7) is 6.15. The first-order chi connectivity index (χ1) is 25.6. The standard InChI is InChI=1S/C39H42N10O2/c1-23-5-4-6-24(2)35(23)43-36-32-17-40-39(44-37(32)46(3)45-36)41-29-9-7-25-13-14-47(19-27(25)15-29)31-21-48(22-31)30-10-8-26-18-49(20-28(26)16-30)33-11-12-34(50)42-38(33)51/h4-10,15-17,31,33H,11-14,18-22H2,1-3H3,(H,43,45)(H,40,41,44)(H,42,50,51)/i18D,20D. The molecule has 6 heterocycles. The second kappa shape index (κ2) is 12.5. The molecule has 0 spiro atoms. The number of rotatable bonds is 7. The van der Waals surface area contributed by atoms with Crippen LogP contribution in [-0.4, -0.2) is 73.1 Å². The SMILES string of the molecule is [2H]C1c2ccc(N3CC(N4CCc5ccc(Nc6ncc7c(Nc8c(C)cccc8C)nn(C)c7n6)cc5C4)C3)cc2C([2H])N1C1CCC(=O)NC1=O. The summed E-state index contributed by atoms with van der Waals surface area (Å²) >= 11 is 0. The molecule has 3 aromatic carbocycles. The molecule has 2 fully saturated rings. The number of nitrogens with zero attached hydrogens (tertiary/aromatic N) is 7. The minimum absolute atomic E-state index is 0.229. The molecule has 2 amide bonds. The van der Waals surface area contributed by atoms with Gasteiger partial charge in [-0.1, -0.05) is 30.3 Å². The number of para-hydroxylation sites is 1. The molecule has 12 heteroatoms. The fourth-order valence-electron chi connectivity index (χ4n) is 7.81. The summed E-state index contributed by atoms with van der Waals surface area (Å²) in [6.07, 6.45) is 3.37. The molecule has 0 radical (unpaired) electrons. The lowest BCUT2D eigenvalue weighted by molar-refractivity contribution is -0.137. The Morgan fingerprint density at radius 3 is 2.53 bits per heavy atom. The Morgan fingerprint density at radius 2 is 1.71 bits per heavy atom. The van der Waals surface area contributed by atoms with Gasteiger partial charge in [-0.3, -0.25) is 24.7 Å². The van der Waals surface area contributed by atoms with E-state index in [1.54, 1.807) is 9.58 Å². The Hall–Kier alpha value is -5.33. The molecule has 2 aromatic heterocycles. The number of piperidine rings is 1. The average molecular weight is 685 g/mol. The highest BCUT2D eigenvalue weighted by Crippen LogP contribution is 2.34. The molecule has 2 saturated heterocycles. The largest absolute Gasteiger partial charge is 0.368 e. The molecule has 51 heavy (non-hydrogen) atoms. The fraction of sp³-hybridized carbons (Fsp3) is 0.359. The van der Waals surface area contributed by atoms with Crippen LogP contribution < -0.4 is 20.9 Å². The summed E-state index contributed by atoms with van der Waals surface area (Å²) in [5.74, 6) is 0.545. The van der Waals surface area contributed by atoms with Gasteiger partial charge < -0.3 is 15.5 Å². The van der Waals surface area contributed by atoms with Crippen molar-refractivity contribution < 1.29 is 12.3 Å². The third-order valence-electron chi connectivity index (χ3n) is 10.8. The number of anilines is 5. The first kappa shape index (κ1) is 29.4. The highest BCUT2D eigenvalue weighted by atomic mass is 16.2. The van der Waals surface area contributed by atoms with Crippen LogP contribution >= 0.6 is 0 Å². The van der Waals surface area contributed by atoms with Crippen molar-refractivity contribution in [3.8, 4) is 0 Å². The van der Waals surface area contributed by atoms with Crippen molar-refractivity contribution in [2.75, 3.05) is 35.2 Å². The zero-order valence-corrected chi connectivity index (χ0v) is 29.0. The molecular formula is C39H42N10O2. The van der Waals surface area contributed by atoms with E-state index in [1.165, 1.54) is 11.1 Å². The van der Waals surface area contributed by atoms with Crippen LogP contribution in [0.15, 0.2) is 60.8 Å². The average Bonchev–Trinajstić information content (AvgIpc) is 3.56. The molecular weight excluding hydrogens is 640 g/mol. The Balaban J connectivity index is 0.848. The van der Waals surface area contributed by atoms with Crippen molar-refractivity contribution in [3.63, 3.8) is 0 Å². The Kier molecular flexibility index (Phi) is 7.19. The van der Waals surface area contributed by atoms with Crippen LogP contribution in [0.3, 0.4) is 0 Å². The second-order valence-corrected chi connectivity index (χ2v) is 14.2. The van der Waals surface area contributed by atoms with Crippen LogP contribution in [0.5, 0.6) is 0 Å². The van der Waals surface area contributed by atoms with E-state index in [0.717, 1.165) is 88.8 Å². The van der Waals surface area contributed by atoms with Gasteiger partial charge in [0.15, 0.2) is 11.5 Å². The molecule has 4 aliphatic heterocycles. The molecule has 0 saturated carbocycles. The van der Waals surface area contributed by atoms with E-state index >= 15 is 0 Å². The maximum Gasteiger partial charge on any atom is 0.243 e. The van der Waals surface area contributed by atoms with Crippen molar-refractivity contribution in [1.29, 1.82) is 0 Å². The Morgan fingerprint density at radius 1 is 0.902 bits per heavy atom. The van der Waals surface area contributed by atoms with Gasteiger partial charge in [0.25, 0.3) is 0 Å². The van der Waals surface area contributed by atoms with E-state index in [4.69, 9.17) is 12.8 Å². The lowest BCUT2D eigenvalue weighted by Crippen LogP contribution is -2.60. The predicted octanol–water partition coefficient (Wildman–Crippen LogP) is 4.84. The van der Waals surface area contributed by atoms with Gasteiger partial charge >= 0.3 is 0 Å². The van der Waals surface area contributed by atoms with E-state index in [1.807, 2.05) is 31.4 Å². The summed E-state index contributed by atoms with van der Waals surface area (Å²) in [7, 11) is 1.89. The van der Waals surface area contributed by atoms with Crippen LogP contribution in [0.25, 0.3) is 11.0 Å². The third-order valence-corrected chi connectivity index (χ3v) is 10.8. The van der Waals surface area contributed by atoms with Crippen molar-refractivity contribution >= 4 is 51.7 Å². The van der Waals surface area contributed by atoms with Crippen molar-refractivity contribution in [2.24, 2.45) is 7.05 Å². The summed E-state index contributed by atoms with van der Waals surface area (Å²) in [6, 6.07) is 18.5. The van der Waals surface area contributed by atoms with Crippen LogP contribution in [0.2, 0.25) is 0 Å². The molecule has 3 unspecified atom stereocenters. The second-order valence-electron chi connectivity index (χ2n) is 14.2.